The molecule has 0 unspecified atom stereocenters. The van der Waals surface area contributed by atoms with Gasteiger partial charge >= 0.3 is 0 Å². The summed E-state index contributed by atoms with van der Waals surface area (Å²) in [5.74, 6) is 1.92. The van der Waals surface area contributed by atoms with Crippen LogP contribution in [0.4, 0.5) is 0 Å². The van der Waals surface area contributed by atoms with Gasteiger partial charge in [-0.2, -0.15) is 5.10 Å². The number of aryl methyl sites for hydroxylation is 2. The second-order valence-corrected chi connectivity index (χ2v) is 5.12. The molecular weight excluding hydrogens is 292 g/mol. The first-order chi connectivity index (χ1) is 8.69. The van der Waals surface area contributed by atoms with Crippen LogP contribution in [0.25, 0.3) is 17.0 Å². The van der Waals surface area contributed by atoms with Crippen LogP contribution in [-0.2, 0) is 13.5 Å². The largest absolute Gasteiger partial charge is 0.300 e. The number of benzene rings is 1. The molecule has 0 saturated carbocycles. The molecule has 0 atom stereocenters. The molecule has 0 radical (unpaired) electrons. The number of nitrogens with zero attached hydrogens (tertiary/aromatic N) is 4. The average molecular weight is 305 g/mol. The van der Waals surface area contributed by atoms with Crippen molar-refractivity contribution < 1.29 is 0 Å². The fourth-order valence-electron chi connectivity index (χ4n) is 2.04. The number of halogens is 1. The highest BCUT2D eigenvalue weighted by molar-refractivity contribution is 9.10. The molecule has 3 rings (SSSR count). The summed E-state index contributed by atoms with van der Waals surface area (Å²) in [6.07, 6.45) is 2.88. The van der Waals surface area contributed by atoms with Crippen molar-refractivity contribution >= 4 is 21.7 Å². The van der Waals surface area contributed by atoms with Crippen molar-refractivity contribution in [2.24, 2.45) is 7.05 Å². The summed E-state index contributed by atoms with van der Waals surface area (Å²) in [4.78, 5) is 4.63. The molecule has 0 aliphatic rings. The standard InChI is InChI=1S/C13H13BrN4/c1-3-12-16-18-8-11(15-13(18)17(12)2)9-4-6-10(14)7-5-9/h4-8H,3H2,1-2H3. The van der Waals surface area contributed by atoms with Gasteiger partial charge in [0.1, 0.15) is 5.82 Å². The van der Waals surface area contributed by atoms with Gasteiger partial charge in [-0.25, -0.2) is 9.50 Å². The Morgan fingerprint density at radius 1 is 1.22 bits per heavy atom. The van der Waals surface area contributed by atoms with Crippen molar-refractivity contribution in [1.82, 2.24) is 19.2 Å². The van der Waals surface area contributed by atoms with Crippen LogP contribution in [0.5, 0.6) is 0 Å². The topological polar surface area (TPSA) is 35.1 Å². The van der Waals surface area contributed by atoms with Crippen LogP contribution < -0.4 is 0 Å². The van der Waals surface area contributed by atoms with E-state index in [0.29, 0.717) is 0 Å². The van der Waals surface area contributed by atoms with Gasteiger partial charge in [0.2, 0.25) is 5.78 Å². The lowest BCUT2D eigenvalue weighted by Crippen LogP contribution is -1.96. The Labute approximate surface area is 113 Å². The van der Waals surface area contributed by atoms with Gasteiger partial charge in [0, 0.05) is 23.5 Å². The van der Waals surface area contributed by atoms with Crippen LogP contribution in [0.1, 0.15) is 12.7 Å². The van der Waals surface area contributed by atoms with E-state index in [9.17, 15) is 0 Å². The number of aromatic nitrogens is 4. The predicted molar refractivity (Wildman–Crippen MR) is 74.5 cm³/mol. The normalized spacial score (nSPS) is 11.3. The van der Waals surface area contributed by atoms with Crippen molar-refractivity contribution in [1.29, 1.82) is 0 Å². The third-order valence-corrected chi connectivity index (χ3v) is 3.57. The molecule has 0 fully saturated rings. The molecule has 92 valence electrons. The van der Waals surface area contributed by atoms with E-state index in [1.807, 2.05) is 46.6 Å². The zero-order chi connectivity index (χ0) is 12.7. The van der Waals surface area contributed by atoms with Crippen molar-refractivity contribution in [3.63, 3.8) is 0 Å². The van der Waals surface area contributed by atoms with E-state index in [4.69, 9.17) is 0 Å². The number of hydrogen-bond acceptors (Lipinski definition) is 2. The van der Waals surface area contributed by atoms with Crippen LogP contribution in [0.2, 0.25) is 0 Å². The lowest BCUT2D eigenvalue weighted by Gasteiger charge is -1.97. The van der Waals surface area contributed by atoms with E-state index in [2.05, 4.69) is 32.9 Å². The van der Waals surface area contributed by atoms with Crippen molar-refractivity contribution in [2.75, 3.05) is 0 Å². The number of fused-ring (bicyclic) bond motifs is 1. The number of rotatable bonds is 2. The van der Waals surface area contributed by atoms with Crippen LogP contribution in [0.15, 0.2) is 34.9 Å². The van der Waals surface area contributed by atoms with Gasteiger partial charge in [0.15, 0.2) is 0 Å². The third kappa shape index (κ3) is 1.75. The molecule has 1 aromatic carbocycles. The first-order valence-electron chi connectivity index (χ1n) is 5.86. The summed E-state index contributed by atoms with van der Waals surface area (Å²) in [7, 11) is 2.00. The van der Waals surface area contributed by atoms with Crippen LogP contribution >= 0.6 is 15.9 Å². The molecule has 0 N–H and O–H groups in total. The second-order valence-electron chi connectivity index (χ2n) is 4.21. The summed E-state index contributed by atoms with van der Waals surface area (Å²) in [6, 6.07) is 8.13. The molecule has 18 heavy (non-hydrogen) atoms. The SMILES string of the molecule is CCc1nn2cc(-c3ccc(Br)cc3)nc2n1C. The van der Waals surface area contributed by atoms with Crippen LogP contribution in [-0.4, -0.2) is 19.2 Å². The number of hydrogen-bond donors (Lipinski definition) is 0. The van der Waals surface area contributed by atoms with Crippen molar-refractivity contribution in [2.45, 2.75) is 13.3 Å². The zero-order valence-electron chi connectivity index (χ0n) is 10.3. The molecular formula is C13H13BrN4. The summed E-state index contributed by atoms with van der Waals surface area (Å²) >= 11 is 3.43. The van der Waals surface area contributed by atoms with Crippen molar-refractivity contribution in [3.05, 3.63) is 40.8 Å². The highest BCUT2D eigenvalue weighted by atomic mass is 79.9. The molecule has 0 spiro atoms. The molecule has 0 saturated heterocycles. The molecule has 0 aliphatic heterocycles. The predicted octanol–water partition coefficient (Wildman–Crippen LogP) is 3.06. The van der Waals surface area contributed by atoms with Crippen LogP contribution in [0.3, 0.4) is 0 Å². The smallest absolute Gasteiger partial charge is 0.232 e. The Morgan fingerprint density at radius 2 is 1.94 bits per heavy atom. The van der Waals surface area contributed by atoms with Gasteiger partial charge in [-0.05, 0) is 12.1 Å². The van der Waals surface area contributed by atoms with Crippen molar-refractivity contribution in [3.8, 4) is 11.3 Å². The summed E-state index contributed by atoms with van der Waals surface area (Å²) in [5, 5.41) is 4.50. The molecule has 0 aliphatic carbocycles. The third-order valence-electron chi connectivity index (χ3n) is 3.04. The highest BCUT2D eigenvalue weighted by Crippen LogP contribution is 2.21. The van der Waals surface area contributed by atoms with E-state index >= 15 is 0 Å². The maximum absolute atomic E-state index is 4.63. The zero-order valence-corrected chi connectivity index (χ0v) is 11.8. The minimum Gasteiger partial charge on any atom is -0.300 e. The first-order valence-corrected chi connectivity index (χ1v) is 6.65. The van der Waals surface area contributed by atoms with Gasteiger partial charge in [-0.1, -0.05) is 35.0 Å². The Balaban J connectivity index is 2.11. The monoisotopic (exact) mass is 304 g/mol. The quantitative estimate of drug-likeness (QED) is 0.729. The highest BCUT2D eigenvalue weighted by Gasteiger charge is 2.11. The van der Waals surface area contributed by atoms with E-state index in [0.717, 1.165) is 33.8 Å². The lowest BCUT2D eigenvalue weighted by atomic mass is 10.2. The fourth-order valence-corrected chi connectivity index (χ4v) is 2.30. The Hall–Kier alpha value is -1.62. The Bertz CT molecular complexity index is 694. The minimum absolute atomic E-state index is 0.879. The first kappa shape index (κ1) is 11.5. The molecule has 2 aromatic heterocycles. The molecule has 2 heterocycles. The Morgan fingerprint density at radius 3 is 2.56 bits per heavy atom. The molecule has 4 nitrogen and oxygen atoms in total. The van der Waals surface area contributed by atoms with Crippen LogP contribution in [0, 0.1) is 0 Å². The maximum Gasteiger partial charge on any atom is 0.232 e. The molecule has 0 bridgehead atoms. The van der Waals surface area contributed by atoms with E-state index in [1.54, 1.807) is 0 Å². The van der Waals surface area contributed by atoms with E-state index in [-0.39, 0.29) is 0 Å². The van der Waals surface area contributed by atoms with Gasteiger partial charge < -0.3 is 4.57 Å². The summed E-state index contributed by atoms with van der Waals surface area (Å²) in [6.45, 7) is 2.09. The van der Waals surface area contributed by atoms with Gasteiger partial charge in [-0.15, -0.1) is 0 Å². The second kappa shape index (κ2) is 4.24. The van der Waals surface area contributed by atoms with Gasteiger partial charge in [-0.3, -0.25) is 0 Å². The molecule has 0 amide bonds. The molecule has 3 aromatic rings. The lowest BCUT2D eigenvalue weighted by molar-refractivity contribution is 0.809. The minimum atomic E-state index is 0.879. The fraction of sp³-hybridized carbons (Fsp3) is 0.231. The van der Waals surface area contributed by atoms with Gasteiger partial charge in [0.05, 0.1) is 11.9 Å². The van der Waals surface area contributed by atoms with E-state index in [1.165, 1.54) is 0 Å². The van der Waals surface area contributed by atoms with Gasteiger partial charge in [0.25, 0.3) is 0 Å². The summed E-state index contributed by atoms with van der Waals surface area (Å²) in [5.41, 5.74) is 2.05. The number of imidazole rings is 1. The summed E-state index contributed by atoms with van der Waals surface area (Å²) < 4.78 is 4.94. The maximum atomic E-state index is 4.63. The molecule has 5 heteroatoms. The average Bonchev–Trinajstić information content (AvgIpc) is 2.90. The van der Waals surface area contributed by atoms with E-state index < -0.39 is 0 Å². The Kier molecular flexibility index (Phi) is 2.70.